The first-order chi connectivity index (χ1) is 11.8. The summed E-state index contributed by atoms with van der Waals surface area (Å²) < 4.78 is 41.1. The molecule has 25 heavy (non-hydrogen) atoms. The highest BCUT2D eigenvalue weighted by Gasteiger charge is 2.35. The van der Waals surface area contributed by atoms with Crippen molar-refractivity contribution in [3.8, 4) is 0 Å². The first-order valence-electron chi connectivity index (χ1n) is 7.97. The lowest BCUT2D eigenvalue weighted by Gasteiger charge is -2.20. The minimum Gasteiger partial charge on any atom is -0.337 e. The van der Waals surface area contributed by atoms with E-state index >= 15 is 0 Å². The Hall–Kier alpha value is -2.35. The van der Waals surface area contributed by atoms with E-state index in [4.69, 9.17) is 0 Å². The van der Waals surface area contributed by atoms with Crippen LogP contribution in [0.15, 0.2) is 36.7 Å². The zero-order valence-corrected chi connectivity index (χ0v) is 13.8. The predicted octanol–water partition coefficient (Wildman–Crippen LogP) is 2.33. The molecule has 0 aliphatic carbocycles. The molecule has 1 fully saturated rings. The molecule has 0 saturated carbocycles. The Kier molecular flexibility index (Phi) is 4.80. The highest BCUT2D eigenvalue weighted by molar-refractivity contribution is 5.79. The summed E-state index contributed by atoms with van der Waals surface area (Å²) in [5, 5.41) is 3.25. The van der Waals surface area contributed by atoms with Crippen LogP contribution in [-0.4, -0.2) is 32.9 Å². The molecule has 1 aromatic carbocycles. The molecule has 2 heterocycles. The van der Waals surface area contributed by atoms with Gasteiger partial charge in [0.15, 0.2) is 0 Å². The average molecular weight is 352 g/mol. The summed E-state index contributed by atoms with van der Waals surface area (Å²) in [6.07, 6.45) is -0.623. The van der Waals surface area contributed by atoms with Gasteiger partial charge >= 0.3 is 6.18 Å². The second-order valence-electron chi connectivity index (χ2n) is 6.17. The van der Waals surface area contributed by atoms with Gasteiger partial charge in [0.1, 0.15) is 5.82 Å². The highest BCUT2D eigenvalue weighted by atomic mass is 19.4. The summed E-state index contributed by atoms with van der Waals surface area (Å²) in [6.45, 7) is 0.860. The van der Waals surface area contributed by atoms with Gasteiger partial charge in [0.2, 0.25) is 5.91 Å². The van der Waals surface area contributed by atoms with Crippen LogP contribution in [0.25, 0.3) is 0 Å². The summed E-state index contributed by atoms with van der Waals surface area (Å²) in [5.41, 5.74) is -0.569. The highest BCUT2D eigenvalue weighted by Crippen LogP contribution is 2.32. The van der Waals surface area contributed by atoms with Crippen molar-refractivity contribution in [1.29, 1.82) is 0 Å². The van der Waals surface area contributed by atoms with Gasteiger partial charge in [-0.3, -0.25) is 4.79 Å². The number of likely N-dealkylation sites (tertiary alicyclic amines) is 1. The van der Waals surface area contributed by atoms with Crippen molar-refractivity contribution in [2.24, 2.45) is 7.05 Å². The van der Waals surface area contributed by atoms with Gasteiger partial charge < -0.3 is 14.8 Å². The van der Waals surface area contributed by atoms with Crippen LogP contribution in [0, 0.1) is 0 Å². The number of alkyl halides is 3. The molecule has 0 spiro atoms. The molecule has 1 N–H and O–H groups in total. The molecule has 0 radical (unpaired) electrons. The number of benzene rings is 1. The number of carbonyl (C=O) groups is 1. The summed E-state index contributed by atoms with van der Waals surface area (Å²) in [4.78, 5) is 17.8. The molecule has 1 aromatic heterocycles. The number of aryl methyl sites for hydroxylation is 1. The maximum Gasteiger partial charge on any atom is 0.416 e. The van der Waals surface area contributed by atoms with Gasteiger partial charge in [-0.2, -0.15) is 13.2 Å². The molecule has 1 atom stereocenters. The normalized spacial score (nSPS) is 18.2. The van der Waals surface area contributed by atoms with E-state index in [-0.39, 0.29) is 30.5 Å². The van der Waals surface area contributed by atoms with E-state index in [1.807, 2.05) is 17.8 Å². The fourth-order valence-electron chi connectivity index (χ4n) is 3.00. The second-order valence-corrected chi connectivity index (χ2v) is 6.17. The maximum absolute atomic E-state index is 13.1. The van der Waals surface area contributed by atoms with E-state index in [9.17, 15) is 18.0 Å². The van der Waals surface area contributed by atoms with Gasteiger partial charge in [-0.15, -0.1) is 0 Å². The van der Waals surface area contributed by atoms with Crippen molar-refractivity contribution in [2.45, 2.75) is 31.7 Å². The van der Waals surface area contributed by atoms with Crippen molar-refractivity contribution < 1.29 is 18.0 Å². The van der Waals surface area contributed by atoms with Crippen LogP contribution in [-0.2, 0) is 31.1 Å². The smallest absolute Gasteiger partial charge is 0.337 e. The molecule has 1 unspecified atom stereocenters. The Labute approximate surface area is 143 Å². The first kappa shape index (κ1) is 17.5. The van der Waals surface area contributed by atoms with Crippen LogP contribution in [0.1, 0.15) is 23.4 Å². The number of hydrogen-bond donors (Lipinski definition) is 1. The fraction of sp³-hybridized carbons (Fsp3) is 0.412. The third kappa shape index (κ3) is 4.01. The number of nitrogens with one attached hydrogen (secondary N) is 1. The molecule has 1 saturated heterocycles. The molecule has 1 aliphatic heterocycles. The van der Waals surface area contributed by atoms with Gasteiger partial charge in [0.05, 0.1) is 12.1 Å². The van der Waals surface area contributed by atoms with Crippen molar-refractivity contribution in [3.05, 3.63) is 53.6 Å². The monoisotopic (exact) mass is 352 g/mol. The van der Waals surface area contributed by atoms with Gasteiger partial charge in [-0.05, 0) is 11.6 Å². The van der Waals surface area contributed by atoms with Crippen molar-refractivity contribution >= 4 is 5.91 Å². The van der Waals surface area contributed by atoms with E-state index in [1.165, 1.54) is 17.0 Å². The minimum atomic E-state index is -4.42. The quantitative estimate of drug-likeness (QED) is 0.899. The van der Waals surface area contributed by atoms with Crippen LogP contribution < -0.4 is 5.32 Å². The standard InChI is InChI=1S/C17H19F3N4O/c1-23-7-6-21-15(23)9-22-13-8-16(25)24(11-13)10-12-4-2-3-5-14(12)17(18,19)20/h2-7,13,22H,8-11H2,1H3. The molecule has 5 nitrogen and oxygen atoms in total. The summed E-state index contributed by atoms with van der Waals surface area (Å²) >= 11 is 0. The van der Waals surface area contributed by atoms with Crippen LogP contribution >= 0.6 is 0 Å². The minimum absolute atomic E-state index is 0.0326. The molecule has 2 aromatic rings. The zero-order valence-electron chi connectivity index (χ0n) is 13.8. The van der Waals surface area contributed by atoms with Gasteiger partial charge in [-0.25, -0.2) is 4.98 Å². The van der Waals surface area contributed by atoms with E-state index in [0.717, 1.165) is 11.9 Å². The Morgan fingerprint density at radius 3 is 2.76 bits per heavy atom. The lowest BCUT2D eigenvalue weighted by molar-refractivity contribution is -0.139. The van der Waals surface area contributed by atoms with Gasteiger partial charge in [0, 0.05) is 45.0 Å². The number of nitrogens with zero attached hydrogens (tertiary/aromatic N) is 3. The summed E-state index contributed by atoms with van der Waals surface area (Å²) in [7, 11) is 1.88. The molecule has 1 aliphatic rings. The SMILES string of the molecule is Cn1ccnc1CNC1CC(=O)N(Cc2ccccc2C(F)(F)F)C1. The number of carbonyl (C=O) groups excluding carboxylic acids is 1. The largest absolute Gasteiger partial charge is 0.416 e. The number of aromatic nitrogens is 2. The summed E-state index contributed by atoms with van der Waals surface area (Å²) in [6, 6.07) is 5.29. The summed E-state index contributed by atoms with van der Waals surface area (Å²) in [5.74, 6) is 0.697. The predicted molar refractivity (Wildman–Crippen MR) is 85.3 cm³/mol. The third-order valence-electron chi connectivity index (χ3n) is 4.37. The zero-order chi connectivity index (χ0) is 18.0. The fourth-order valence-corrected chi connectivity index (χ4v) is 3.00. The molecule has 3 rings (SSSR count). The van der Waals surface area contributed by atoms with Crippen LogP contribution in [0.4, 0.5) is 13.2 Å². The Morgan fingerprint density at radius 2 is 2.08 bits per heavy atom. The lowest BCUT2D eigenvalue weighted by atomic mass is 10.1. The second kappa shape index (κ2) is 6.87. The van der Waals surface area contributed by atoms with Crippen LogP contribution in [0.3, 0.4) is 0 Å². The molecule has 8 heteroatoms. The van der Waals surface area contributed by atoms with E-state index in [1.54, 1.807) is 12.3 Å². The Balaban J connectivity index is 1.63. The average Bonchev–Trinajstić information content (AvgIpc) is 3.11. The van der Waals surface area contributed by atoms with Crippen molar-refractivity contribution in [3.63, 3.8) is 0 Å². The van der Waals surface area contributed by atoms with Gasteiger partial charge in [-0.1, -0.05) is 18.2 Å². The molecular formula is C17H19F3N4O. The number of imidazole rings is 1. The topological polar surface area (TPSA) is 50.2 Å². The van der Waals surface area contributed by atoms with Crippen molar-refractivity contribution in [2.75, 3.05) is 6.54 Å². The Morgan fingerprint density at radius 1 is 1.32 bits per heavy atom. The molecular weight excluding hydrogens is 333 g/mol. The number of halogens is 3. The number of amides is 1. The Bertz CT molecular complexity index is 756. The maximum atomic E-state index is 13.1. The lowest BCUT2D eigenvalue weighted by Crippen LogP contribution is -2.33. The molecule has 1 amide bonds. The van der Waals surface area contributed by atoms with Crippen LogP contribution in [0.2, 0.25) is 0 Å². The van der Waals surface area contributed by atoms with Gasteiger partial charge in [0.25, 0.3) is 0 Å². The van der Waals surface area contributed by atoms with Crippen LogP contribution in [0.5, 0.6) is 0 Å². The first-order valence-corrected chi connectivity index (χ1v) is 7.97. The van der Waals surface area contributed by atoms with E-state index in [0.29, 0.717) is 13.1 Å². The number of hydrogen-bond acceptors (Lipinski definition) is 3. The molecule has 134 valence electrons. The number of rotatable bonds is 5. The molecule has 0 bridgehead atoms. The van der Waals surface area contributed by atoms with E-state index in [2.05, 4.69) is 10.3 Å². The van der Waals surface area contributed by atoms with E-state index < -0.39 is 11.7 Å². The van der Waals surface area contributed by atoms with Crippen molar-refractivity contribution in [1.82, 2.24) is 19.8 Å². The third-order valence-corrected chi connectivity index (χ3v) is 4.37.